The average molecular weight is 180 g/mol. The summed E-state index contributed by atoms with van der Waals surface area (Å²) in [5.74, 6) is 0.0248. The van der Waals surface area contributed by atoms with Crippen LogP contribution in [0.25, 0.3) is 6.08 Å². The monoisotopic (exact) mass is 179 g/mol. The van der Waals surface area contributed by atoms with Crippen molar-refractivity contribution in [1.82, 2.24) is 0 Å². The van der Waals surface area contributed by atoms with Crippen LogP contribution >= 0.6 is 11.6 Å². The normalized spacial score (nSPS) is 10.0. The molecule has 0 saturated heterocycles. The number of phenolic OH excluding ortho intramolecular Hbond substituents is 1. The largest absolute Gasteiger partial charge is 0.506 e. The molecule has 1 rings (SSSR count). The highest BCUT2D eigenvalue weighted by atomic mass is 35.5. The smallest absolute Gasteiger partial charge is 0.134 e. The third-order valence-electron chi connectivity index (χ3n) is 1.32. The topological polar surface area (TPSA) is 44.0 Å². The summed E-state index contributed by atoms with van der Waals surface area (Å²) in [6.45, 7) is 0. The number of aromatic hydroxyl groups is 1. The Balaban J connectivity index is 2.99. The molecule has 0 aliphatic carbocycles. The van der Waals surface area contributed by atoms with Gasteiger partial charge in [0, 0.05) is 6.08 Å². The van der Waals surface area contributed by atoms with Gasteiger partial charge >= 0.3 is 0 Å². The molecule has 0 unspecified atom stereocenters. The molecule has 0 spiro atoms. The van der Waals surface area contributed by atoms with Crippen LogP contribution in [0, 0.1) is 11.3 Å². The van der Waals surface area contributed by atoms with E-state index in [4.69, 9.17) is 22.0 Å². The minimum absolute atomic E-state index is 0.0248. The number of hydrogen-bond donors (Lipinski definition) is 1. The molecule has 0 aliphatic heterocycles. The molecule has 0 saturated carbocycles. The van der Waals surface area contributed by atoms with Gasteiger partial charge in [0.05, 0.1) is 11.1 Å². The van der Waals surface area contributed by atoms with Gasteiger partial charge in [0.15, 0.2) is 0 Å². The number of hydrogen-bond acceptors (Lipinski definition) is 2. The van der Waals surface area contributed by atoms with Gasteiger partial charge in [0.1, 0.15) is 5.75 Å². The number of allylic oxidation sites excluding steroid dienone is 1. The minimum atomic E-state index is 0.0248. The molecule has 0 fully saturated rings. The van der Waals surface area contributed by atoms with Crippen LogP contribution in [0.4, 0.5) is 0 Å². The number of benzene rings is 1. The number of phenols is 1. The van der Waals surface area contributed by atoms with Crippen molar-refractivity contribution in [3.8, 4) is 11.8 Å². The molecule has 2 nitrogen and oxygen atoms in total. The first-order valence-corrected chi connectivity index (χ1v) is 3.66. The molecule has 60 valence electrons. The Morgan fingerprint density at radius 2 is 2.25 bits per heavy atom. The van der Waals surface area contributed by atoms with Gasteiger partial charge in [0.25, 0.3) is 0 Å². The van der Waals surface area contributed by atoms with Crippen LogP contribution in [0.2, 0.25) is 5.02 Å². The lowest BCUT2D eigenvalue weighted by molar-refractivity contribution is 0.475. The third kappa shape index (κ3) is 2.01. The van der Waals surface area contributed by atoms with Crippen molar-refractivity contribution >= 4 is 17.7 Å². The van der Waals surface area contributed by atoms with E-state index in [0.717, 1.165) is 5.56 Å². The summed E-state index contributed by atoms with van der Waals surface area (Å²) >= 11 is 5.58. The van der Waals surface area contributed by atoms with E-state index in [9.17, 15) is 0 Å². The summed E-state index contributed by atoms with van der Waals surface area (Å²) in [5, 5.41) is 17.7. The van der Waals surface area contributed by atoms with Crippen molar-refractivity contribution in [2.45, 2.75) is 0 Å². The lowest BCUT2D eigenvalue weighted by atomic mass is 10.2. The summed E-state index contributed by atoms with van der Waals surface area (Å²) in [4.78, 5) is 0. The Morgan fingerprint density at radius 1 is 1.50 bits per heavy atom. The highest BCUT2D eigenvalue weighted by molar-refractivity contribution is 6.32. The average Bonchev–Trinajstić information content (AvgIpc) is 2.07. The molecule has 0 heterocycles. The quantitative estimate of drug-likeness (QED) is 0.674. The van der Waals surface area contributed by atoms with Crippen molar-refractivity contribution in [2.24, 2.45) is 0 Å². The molecule has 0 bridgehead atoms. The van der Waals surface area contributed by atoms with E-state index in [-0.39, 0.29) is 5.75 Å². The first-order valence-electron chi connectivity index (χ1n) is 3.28. The van der Waals surface area contributed by atoms with Crippen LogP contribution in [0.3, 0.4) is 0 Å². The molecule has 0 aromatic heterocycles. The molecule has 1 N–H and O–H groups in total. The summed E-state index contributed by atoms with van der Waals surface area (Å²) in [6, 6.07) is 6.65. The van der Waals surface area contributed by atoms with Crippen molar-refractivity contribution < 1.29 is 5.11 Å². The van der Waals surface area contributed by atoms with Gasteiger partial charge in [-0.05, 0) is 23.8 Å². The number of nitriles is 1. The van der Waals surface area contributed by atoms with Gasteiger partial charge in [-0.1, -0.05) is 17.7 Å². The Labute approximate surface area is 75.3 Å². The van der Waals surface area contributed by atoms with Crippen LogP contribution in [-0.2, 0) is 0 Å². The van der Waals surface area contributed by atoms with Gasteiger partial charge in [-0.3, -0.25) is 0 Å². The predicted octanol–water partition coefficient (Wildman–Crippen LogP) is 2.58. The highest BCUT2D eigenvalue weighted by Gasteiger charge is 1.96. The number of nitrogens with zero attached hydrogens (tertiary/aromatic N) is 1. The van der Waals surface area contributed by atoms with Gasteiger partial charge in [0.2, 0.25) is 0 Å². The molecular formula is C9H6ClNO. The van der Waals surface area contributed by atoms with E-state index in [1.165, 1.54) is 12.1 Å². The van der Waals surface area contributed by atoms with E-state index in [1.807, 2.05) is 6.07 Å². The summed E-state index contributed by atoms with van der Waals surface area (Å²) in [5.41, 5.74) is 0.749. The SMILES string of the molecule is N#CC=Cc1ccc(Cl)c(O)c1. The molecule has 12 heavy (non-hydrogen) atoms. The maximum atomic E-state index is 9.15. The molecule has 0 amide bonds. The Bertz CT molecular complexity index is 352. The lowest BCUT2D eigenvalue weighted by Gasteiger charge is -1.96. The van der Waals surface area contributed by atoms with Gasteiger partial charge in [-0.15, -0.1) is 0 Å². The Hall–Kier alpha value is -1.46. The standard InChI is InChI=1S/C9H6ClNO/c10-8-4-3-7(2-1-5-11)6-9(8)12/h1-4,6,12H. The van der Waals surface area contributed by atoms with Gasteiger partial charge < -0.3 is 5.11 Å². The first kappa shape index (κ1) is 8.63. The Kier molecular flexibility index (Phi) is 2.73. The molecule has 1 aromatic carbocycles. The molecule has 1 aromatic rings. The zero-order valence-electron chi connectivity index (χ0n) is 6.16. The van der Waals surface area contributed by atoms with E-state index in [1.54, 1.807) is 18.2 Å². The second-order valence-electron chi connectivity index (χ2n) is 2.17. The number of rotatable bonds is 1. The van der Waals surface area contributed by atoms with Crippen molar-refractivity contribution in [3.05, 3.63) is 34.9 Å². The van der Waals surface area contributed by atoms with E-state index in [2.05, 4.69) is 0 Å². The van der Waals surface area contributed by atoms with Crippen LogP contribution in [0.5, 0.6) is 5.75 Å². The minimum Gasteiger partial charge on any atom is -0.506 e. The molecular weight excluding hydrogens is 174 g/mol. The molecule has 0 aliphatic rings. The van der Waals surface area contributed by atoms with Gasteiger partial charge in [-0.25, -0.2) is 0 Å². The highest BCUT2D eigenvalue weighted by Crippen LogP contribution is 2.23. The zero-order chi connectivity index (χ0) is 8.97. The molecule has 0 radical (unpaired) electrons. The van der Waals surface area contributed by atoms with Crippen LogP contribution in [0.1, 0.15) is 5.56 Å². The predicted molar refractivity (Wildman–Crippen MR) is 47.8 cm³/mol. The fourth-order valence-corrected chi connectivity index (χ4v) is 0.884. The fraction of sp³-hybridized carbons (Fsp3) is 0. The summed E-state index contributed by atoms with van der Waals surface area (Å²) in [6.07, 6.45) is 2.93. The Morgan fingerprint density at radius 3 is 2.83 bits per heavy atom. The van der Waals surface area contributed by atoms with Crippen molar-refractivity contribution in [2.75, 3.05) is 0 Å². The maximum Gasteiger partial charge on any atom is 0.134 e. The van der Waals surface area contributed by atoms with Crippen molar-refractivity contribution in [3.63, 3.8) is 0 Å². The van der Waals surface area contributed by atoms with Crippen molar-refractivity contribution in [1.29, 1.82) is 5.26 Å². The molecule has 0 atom stereocenters. The van der Waals surface area contributed by atoms with Crippen LogP contribution in [0.15, 0.2) is 24.3 Å². The summed E-state index contributed by atoms with van der Waals surface area (Å²) < 4.78 is 0. The lowest BCUT2D eigenvalue weighted by Crippen LogP contribution is -1.72. The maximum absolute atomic E-state index is 9.15. The fourth-order valence-electron chi connectivity index (χ4n) is 0.767. The second kappa shape index (κ2) is 3.80. The van der Waals surface area contributed by atoms with Gasteiger partial charge in [-0.2, -0.15) is 5.26 Å². The van der Waals surface area contributed by atoms with Crippen LogP contribution < -0.4 is 0 Å². The van der Waals surface area contributed by atoms with E-state index < -0.39 is 0 Å². The third-order valence-corrected chi connectivity index (χ3v) is 1.64. The van der Waals surface area contributed by atoms with Crippen LogP contribution in [-0.4, -0.2) is 5.11 Å². The van der Waals surface area contributed by atoms with E-state index in [0.29, 0.717) is 5.02 Å². The first-order chi connectivity index (χ1) is 5.74. The number of halogens is 1. The zero-order valence-corrected chi connectivity index (χ0v) is 6.92. The molecule has 3 heteroatoms. The second-order valence-corrected chi connectivity index (χ2v) is 2.58. The summed E-state index contributed by atoms with van der Waals surface area (Å²) in [7, 11) is 0. The van der Waals surface area contributed by atoms with E-state index >= 15 is 0 Å².